The van der Waals surface area contributed by atoms with E-state index in [1.165, 1.54) is 37.9 Å². The minimum absolute atomic E-state index is 0.0542. The van der Waals surface area contributed by atoms with Crippen LogP contribution in [0.1, 0.15) is 54.4 Å². The zero-order valence-corrected chi connectivity index (χ0v) is 18.2. The molecule has 2 atom stereocenters. The molecule has 2 aromatic heterocycles. The van der Waals surface area contributed by atoms with E-state index in [2.05, 4.69) is 81.5 Å². The summed E-state index contributed by atoms with van der Waals surface area (Å²) in [5.74, 6) is 1.38. The Labute approximate surface area is 181 Å². The molecule has 148 valence electrons. The second-order valence-electron chi connectivity index (χ2n) is 9.23. The van der Waals surface area contributed by atoms with E-state index in [0.29, 0.717) is 5.25 Å². The smallest absolute Gasteiger partial charge is 0.125 e. The molecule has 1 aliphatic carbocycles. The molecule has 30 heavy (non-hydrogen) atoms. The Morgan fingerprint density at radius 2 is 1.90 bits per heavy atom. The van der Waals surface area contributed by atoms with Crippen molar-refractivity contribution in [2.24, 2.45) is 0 Å². The van der Waals surface area contributed by atoms with Crippen molar-refractivity contribution in [3.63, 3.8) is 0 Å². The van der Waals surface area contributed by atoms with Crippen molar-refractivity contribution in [1.82, 2.24) is 4.98 Å². The fraction of sp³-hybridized carbons (Fsp3) is 0.222. The highest BCUT2D eigenvalue weighted by Gasteiger charge is 2.40. The SMILES string of the molecule is CC(C)(C)c1cc(-c2nccc3c2C2C=Cc4ccoc4C2S3)cc2ccccc12. The lowest BCUT2D eigenvalue weighted by atomic mass is 9.81. The molecule has 0 amide bonds. The first-order valence-electron chi connectivity index (χ1n) is 10.5. The Hall–Kier alpha value is -2.78. The Kier molecular flexibility index (Phi) is 3.82. The zero-order valence-electron chi connectivity index (χ0n) is 17.3. The van der Waals surface area contributed by atoms with E-state index in [9.17, 15) is 0 Å². The minimum Gasteiger partial charge on any atom is -0.467 e. The van der Waals surface area contributed by atoms with Gasteiger partial charge >= 0.3 is 0 Å². The van der Waals surface area contributed by atoms with Crippen molar-refractivity contribution in [1.29, 1.82) is 0 Å². The van der Waals surface area contributed by atoms with Gasteiger partial charge in [-0.3, -0.25) is 4.98 Å². The van der Waals surface area contributed by atoms with Crippen LogP contribution in [-0.2, 0) is 5.41 Å². The van der Waals surface area contributed by atoms with Gasteiger partial charge in [-0.2, -0.15) is 0 Å². The topological polar surface area (TPSA) is 26.0 Å². The number of furan rings is 1. The number of aromatic nitrogens is 1. The highest BCUT2D eigenvalue weighted by molar-refractivity contribution is 8.00. The van der Waals surface area contributed by atoms with E-state index >= 15 is 0 Å². The first kappa shape index (κ1) is 18.0. The first-order chi connectivity index (χ1) is 14.5. The molecule has 0 bridgehead atoms. The van der Waals surface area contributed by atoms with E-state index in [4.69, 9.17) is 9.40 Å². The average molecular weight is 410 g/mol. The third kappa shape index (κ3) is 2.61. The van der Waals surface area contributed by atoms with Gasteiger partial charge in [0, 0.05) is 33.7 Å². The molecule has 0 fully saturated rings. The molecule has 2 unspecified atom stereocenters. The second kappa shape index (κ2) is 6.36. The van der Waals surface area contributed by atoms with Gasteiger partial charge in [0.2, 0.25) is 0 Å². The van der Waals surface area contributed by atoms with Gasteiger partial charge in [-0.05, 0) is 46.0 Å². The van der Waals surface area contributed by atoms with Gasteiger partial charge in [0.25, 0.3) is 0 Å². The monoisotopic (exact) mass is 409 g/mol. The first-order valence-corrected chi connectivity index (χ1v) is 11.3. The number of hydrogen-bond donors (Lipinski definition) is 0. The van der Waals surface area contributed by atoms with Crippen molar-refractivity contribution >= 4 is 28.6 Å². The van der Waals surface area contributed by atoms with Crippen LogP contribution >= 0.6 is 11.8 Å². The highest BCUT2D eigenvalue weighted by Crippen LogP contribution is 2.59. The number of fused-ring (bicyclic) bond motifs is 6. The minimum atomic E-state index is 0.0542. The van der Waals surface area contributed by atoms with Crippen molar-refractivity contribution in [3.05, 3.63) is 89.5 Å². The van der Waals surface area contributed by atoms with Crippen LogP contribution in [0.5, 0.6) is 0 Å². The summed E-state index contributed by atoms with van der Waals surface area (Å²) in [5, 5.41) is 2.89. The molecule has 0 radical (unpaired) electrons. The summed E-state index contributed by atoms with van der Waals surface area (Å²) in [6.45, 7) is 6.86. The Morgan fingerprint density at radius 1 is 1.03 bits per heavy atom. The third-order valence-corrected chi connectivity index (χ3v) is 7.65. The maximum atomic E-state index is 5.88. The molecule has 0 saturated heterocycles. The van der Waals surface area contributed by atoms with E-state index < -0.39 is 0 Å². The molecule has 0 spiro atoms. The summed E-state index contributed by atoms with van der Waals surface area (Å²) >= 11 is 1.90. The van der Waals surface area contributed by atoms with Gasteiger partial charge in [0.05, 0.1) is 17.2 Å². The molecule has 2 aromatic carbocycles. The zero-order chi connectivity index (χ0) is 20.5. The van der Waals surface area contributed by atoms with Crippen LogP contribution < -0.4 is 0 Å². The van der Waals surface area contributed by atoms with Gasteiger partial charge < -0.3 is 4.42 Å². The number of thioether (sulfide) groups is 1. The van der Waals surface area contributed by atoms with Crippen LogP contribution in [0.4, 0.5) is 0 Å². The van der Waals surface area contributed by atoms with Gasteiger partial charge in [-0.1, -0.05) is 57.2 Å². The molecule has 0 N–H and O–H groups in total. The standard InChI is InChI=1S/C27H23NOS/c1-27(2,3)21-15-18(14-17-6-4-5-7-19(17)21)24-23-20-9-8-16-11-13-29-25(16)26(20)30-22(23)10-12-28-24/h4-15,20,26H,1-3H3. The lowest BCUT2D eigenvalue weighted by Gasteiger charge is -2.24. The summed E-state index contributed by atoms with van der Waals surface area (Å²) in [4.78, 5) is 6.22. The molecule has 3 heteroatoms. The van der Waals surface area contributed by atoms with Crippen LogP contribution in [0.15, 0.2) is 76.4 Å². The number of nitrogens with zero attached hydrogens (tertiary/aromatic N) is 1. The van der Waals surface area contributed by atoms with Gasteiger partial charge in [-0.15, -0.1) is 11.8 Å². The van der Waals surface area contributed by atoms with E-state index in [1.807, 2.05) is 18.0 Å². The van der Waals surface area contributed by atoms with Gasteiger partial charge in [0.1, 0.15) is 5.76 Å². The number of rotatable bonds is 1. The quantitative estimate of drug-likeness (QED) is 0.321. The summed E-state index contributed by atoms with van der Waals surface area (Å²) in [5.41, 5.74) is 6.26. The normalized spacial score (nSPS) is 19.6. The number of allylic oxidation sites excluding steroid dienone is 1. The molecular formula is C27H23NOS. The summed E-state index contributed by atoms with van der Waals surface area (Å²) in [6.07, 6.45) is 8.29. The highest BCUT2D eigenvalue weighted by atomic mass is 32.2. The Bertz CT molecular complexity index is 1320. The van der Waals surface area contributed by atoms with Crippen LogP contribution in [0.25, 0.3) is 28.1 Å². The molecule has 6 rings (SSSR count). The van der Waals surface area contributed by atoms with Crippen molar-refractivity contribution < 1.29 is 4.42 Å². The van der Waals surface area contributed by atoms with Crippen LogP contribution in [0, 0.1) is 0 Å². The molecule has 2 nitrogen and oxygen atoms in total. The largest absolute Gasteiger partial charge is 0.467 e. The van der Waals surface area contributed by atoms with Crippen LogP contribution in [-0.4, -0.2) is 4.98 Å². The van der Waals surface area contributed by atoms with E-state index in [-0.39, 0.29) is 11.3 Å². The van der Waals surface area contributed by atoms with E-state index in [0.717, 1.165) is 11.5 Å². The average Bonchev–Trinajstić information content (AvgIpc) is 3.36. The van der Waals surface area contributed by atoms with Crippen molar-refractivity contribution in [3.8, 4) is 11.3 Å². The number of benzene rings is 2. The predicted octanol–water partition coefficient (Wildman–Crippen LogP) is 7.75. The third-order valence-electron chi connectivity index (χ3n) is 6.28. The Morgan fingerprint density at radius 3 is 2.77 bits per heavy atom. The molecule has 0 saturated carbocycles. The van der Waals surface area contributed by atoms with Gasteiger partial charge in [-0.25, -0.2) is 0 Å². The maximum absolute atomic E-state index is 5.88. The number of pyridine rings is 1. The number of hydrogen-bond acceptors (Lipinski definition) is 3. The second-order valence-corrected chi connectivity index (χ2v) is 10.4. The molecular weight excluding hydrogens is 386 g/mol. The molecule has 1 aliphatic heterocycles. The van der Waals surface area contributed by atoms with Gasteiger partial charge in [0.15, 0.2) is 0 Å². The lowest BCUT2D eigenvalue weighted by Crippen LogP contribution is -2.12. The molecule has 4 aromatic rings. The van der Waals surface area contributed by atoms with Crippen LogP contribution in [0.2, 0.25) is 0 Å². The molecule has 2 aliphatic rings. The fourth-order valence-corrected chi connectivity index (χ4v) is 6.31. The van der Waals surface area contributed by atoms with E-state index in [1.54, 1.807) is 6.26 Å². The summed E-state index contributed by atoms with van der Waals surface area (Å²) < 4.78 is 5.88. The fourth-order valence-electron chi connectivity index (χ4n) is 4.86. The predicted molar refractivity (Wildman–Crippen MR) is 125 cm³/mol. The summed E-state index contributed by atoms with van der Waals surface area (Å²) in [7, 11) is 0. The summed E-state index contributed by atoms with van der Waals surface area (Å²) in [6, 6.07) is 17.6. The van der Waals surface area contributed by atoms with Crippen LogP contribution in [0.3, 0.4) is 0 Å². The van der Waals surface area contributed by atoms with Crippen molar-refractivity contribution in [2.45, 2.75) is 42.2 Å². The maximum Gasteiger partial charge on any atom is 0.125 e. The van der Waals surface area contributed by atoms with Crippen molar-refractivity contribution in [2.75, 3.05) is 0 Å². The lowest BCUT2D eigenvalue weighted by molar-refractivity contribution is 0.495. The Balaban J connectivity index is 1.57. The molecule has 3 heterocycles.